The number of sulfonamides is 1. The van der Waals surface area contributed by atoms with Crippen LogP contribution in [-0.4, -0.2) is 38.6 Å². The lowest BCUT2D eigenvalue weighted by atomic mass is 10.1. The van der Waals surface area contributed by atoms with Crippen LogP contribution in [0.25, 0.3) is 0 Å². The quantitative estimate of drug-likeness (QED) is 0.454. The van der Waals surface area contributed by atoms with Crippen molar-refractivity contribution in [3.63, 3.8) is 0 Å². The maximum absolute atomic E-state index is 14.2. The lowest BCUT2D eigenvalue weighted by Crippen LogP contribution is -2.30. The Morgan fingerprint density at radius 1 is 0.889 bits per heavy atom. The van der Waals surface area contributed by atoms with Crippen LogP contribution in [0.15, 0.2) is 72.8 Å². The predicted molar refractivity (Wildman–Crippen MR) is 141 cm³/mol. The second-order valence-electron chi connectivity index (χ2n) is 9.25. The van der Waals surface area contributed by atoms with Crippen LogP contribution in [-0.2, 0) is 29.7 Å². The molecule has 36 heavy (non-hydrogen) atoms. The van der Waals surface area contributed by atoms with E-state index in [4.69, 9.17) is 0 Å². The molecule has 6 nitrogen and oxygen atoms in total. The van der Waals surface area contributed by atoms with Gasteiger partial charge in [-0.2, -0.15) is 0 Å². The molecule has 8 heteroatoms. The van der Waals surface area contributed by atoms with E-state index in [-0.39, 0.29) is 18.1 Å². The summed E-state index contributed by atoms with van der Waals surface area (Å²) in [5.74, 6) is -0.827. The monoisotopic (exact) mass is 509 g/mol. The first kappa shape index (κ1) is 25.9. The minimum absolute atomic E-state index is 0.0104. The number of carbonyl (C=O) groups is 1. The number of rotatable bonds is 9. The van der Waals surface area contributed by atoms with Crippen LogP contribution in [0.2, 0.25) is 0 Å². The van der Waals surface area contributed by atoms with Crippen molar-refractivity contribution in [3.05, 3.63) is 101 Å². The smallest absolute Gasteiger partial charge is 0.251 e. The first-order valence-corrected chi connectivity index (χ1v) is 14.0. The van der Waals surface area contributed by atoms with Crippen molar-refractivity contribution in [1.29, 1.82) is 0 Å². The summed E-state index contributed by atoms with van der Waals surface area (Å²) in [4.78, 5) is 15.1. The van der Waals surface area contributed by atoms with Gasteiger partial charge in [-0.05, 0) is 66.9 Å². The molecule has 1 heterocycles. The zero-order chi connectivity index (χ0) is 25.5. The van der Waals surface area contributed by atoms with Gasteiger partial charge in [-0.3, -0.25) is 14.0 Å². The lowest BCUT2D eigenvalue weighted by molar-refractivity contribution is 0.0951. The van der Waals surface area contributed by atoms with E-state index in [1.807, 2.05) is 12.1 Å². The Hall–Kier alpha value is -3.23. The number of hydrogen-bond acceptors (Lipinski definition) is 4. The number of para-hydroxylation sites is 1. The van der Waals surface area contributed by atoms with Crippen LogP contribution < -0.4 is 9.62 Å². The van der Waals surface area contributed by atoms with Crippen molar-refractivity contribution >= 4 is 21.6 Å². The van der Waals surface area contributed by atoms with E-state index in [2.05, 4.69) is 22.3 Å². The highest BCUT2D eigenvalue weighted by Crippen LogP contribution is 2.24. The van der Waals surface area contributed by atoms with E-state index in [9.17, 15) is 17.6 Å². The van der Waals surface area contributed by atoms with Gasteiger partial charge in [-0.15, -0.1) is 0 Å². The van der Waals surface area contributed by atoms with Crippen molar-refractivity contribution in [1.82, 2.24) is 10.2 Å². The predicted octanol–water partition coefficient (Wildman–Crippen LogP) is 4.71. The molecule has 0 aromatic heterocycles. The Bertz CT molecular complexity index is 1270. The summed E-state index contributed by atoms with van der Waals surface area (Å²) in [6, 6.07) is 20.7. The average molecular weight is 510 g/mol. The van der Waals surface area contributed by atoms with Crippen LogP contribution in [0, 0.1) is 5.82 Å². The van der Waals surface area contributed by atoms with Crippen LogP contribution in [0.5, 0.6) is 0 Å². The van der Waals surface area contributed by atoms with Gasteiger partial charge in [0, 0.05) is 18.7 Å². The minimum Gasteiger partial charge on any atom is -0.348 e. The van der Waals surface area contributed by atoms with Crippen molar-refractivity contribution in [2.75, 3.05) is 23.7 Å². The molecule has 1 fully saturated rings. The number of anilines is 1. The Labute approximate surface area is 212 Å². The fourth-order valence-corrected chi connectivity index (χ4v) is 5.27. The molecule has 3 aromatic carbocycles. The molecule has 0 radical (unpaired) electrons. The summed E-state index contributed by atoms with van der Waals surface area (Å²) < 4.78 is 39.8. The van der Waals surface area contributed by atoms with Crippen LogP contribution >= 0.6 is 0 Å². The average Bonchev–Trinajstić information content (AvgIpc) is 2.87. The standard InChI is InChI=1S/C28H32FN3O3S/c1-36(34,35)32(27-8-4-3-7-26(27)29)21-24-13-15-25(16-14-24)28(33)30-19-22-9-11-23(12-10-22)20-31-17-5-2-6-18-31/h3-4,7-16H,2,5-6,17-21H2,1H3,(H,30,33). The highest BCUT2D eigenvalue weighted by Gasteiger charge is 2.21. The molecule has 190 valence electrons. The summed E-state index contributed by atoms with van der Waals surface area (Å²) in [6.07, 6.45) is 4.91. The number of likely N-dealkylation sites (tertiary alicyclic amines) is 1. The molecule has 0 bridgehead atoms. The Morgan fingerprint density at radius 2 is 1.50 bits per heavy atom. The van der Waals surface area contributed by atoms with Gasteiger partial charge in [-0.25, -0.2) is 12.8 Å². The van der Waals surface area contributed by atoms with E-state index >= 15 is 0 Å². The first-order valence-electron chi connectivity index (χ1n) is 12.2. The van der Waals surface area contributed by atoms with Crippen molar-refractivity contribution in [2.24, 2.45) is 0 Å². The lowest BCUT2D eigenvalue weighted by Gasteiger charge is -2.26. The number of nitrogens with one attached hydrogen (secondary N) is 1. The summed E-state index contributed by atoms with van der Waals surface area (Å²) in [5.41, 5.74) is 3.41. The SMILES string of the molecule is CS(=O)(=O)N(Cc1ccc(C(=O)NCc2ccc(CN3CCCCC3)cc2)cc1)c1ccccc1F. The zero-order valence-corrected chi connectivity index (χ0v) is 21.3. The minimum atomic E-state index is -3.70. The van der Waals surface area contributed by atoms with Gasteiger partial charge in [0.05, 0.1) is 18.5 Å². The number of benzene rings is 3. The fourth-order valence-electron chi connectivity index (χ4n) is 4.39. The summed E-state index contributed by atoms with van der Waals surface area (Å²) in [5, 5.41) is 2.93. The Morgan fingerprint density at radius 3 is 2.14 bits per heavy atom. The third kappa shape index (κ3) is 6.92. The van der Waals surface area contributed by atoms with E-state index in [1.165, 1.54) is 43.0 Å². The molecule has 1 N–H and O–H groups in total. The zero-order valence-electron chi connectivity index (χ0n) is 20.5. The van der Waals surface area contributed by atoms with Gasteiger partial charge >= 0.3 is 0 Å². The van der Waals surface area contributed by atoms with E-state index in [0.717, 1.165) is 35.8 Å². The molecule has 0 unspecified atom stereocenters. The molecule has 0 saturated carbocycles. The molecule has 3 aromatic rings. The number of hydrogen-bond donors (Lipinski definition) is 1. The highest BCUT2D eigenvalue weighted by atomic mass is 32.2. The van der Waals surface area contributed by atoms with Crippen molar-refractivity contribution < 1.29 is 17.6 Å². The maximum Gasteiger partial charge on any atom is 0.251 e. The van der Waals surface area contributed by atoms with Crippen molar-refractivity contribution in [3.8, 4) is 0 Å². The number of halogens is 1. The highest BCUT2D eigenvalue weighted by molar-refractivity contribution is 7.92. The number of carbonyl (C=O) groups excluding carboxylic acids is 1. The molecule has 4 rings (SSSR count). The van der Waals surface area contributed by atoms with Gasteiger partial charge in [-0.1, -0.05) is 55.0 Å². The van der Waals surface area contributed by atoms with Crippen LogP contribution in [0.1, 0.15) is 46.3 Å². The topological polar surface area (TPSA) is 69.7 Å². The second kappa shape index (κ2) is 11.7. The van der Waals surface area contributed by atoms with Gasteiger partial charge < -0.3 is 5.32 Å². The van der Waals surface area contributed by atoms with E-state index in [1.54, 1.807) is 30.3 Å². The second-order valence-corrected chi connectivity index (χ2v) is 11.2. The van der Waals surface area contributed by atoms with Crippen LogP contribution in [0.4, 0.5) is 10.1 Å². The van der Waals surface area contributed by atoms with E-state index < -0.39 is 15.8 Å². The third-order valence-electron chi connectivity index (χ3n) is 6.39. The fraction of sp³-hybridized carbons (Fsp3) is 0.321. The summed E-state index contributed by atoms with van der Waals surface area (Å²) in [6.45, 7) is 3.66. The molecule has 0 spiro atoms. The maximum atomic E-state index is 14.2. The molecular weight excluding hydrogens is 477 g/mol. The molecule has 0 aliphatic carbocycles. The Balaban J connectivity index is 1.33. The molecular formula is C28H32FN3O3S. The molecule has 0 atom stereocenters. The van der Waals surface area contributed by atoms with Crippen molar-refractivity contribution in [2.45, 2.75) is 38.9 Å². The molecule has 1 aliphatic heterocycles. The molecule has 1 saturated heterocycles. The largest absolute Gasteiger partial charge is 0.348 e. The molecule has 1 aliphatic rings. The normalized spacial score (nSPS) is 14.4. The number of nitrogens with zero attached hydrogens (tertiary/aromatic N) is 2. The Kier molecular flexibility index (Phi) is 8.38. The third-order valence-corrected chi connectivity index (χ3v) is 7.52. The summed E-state index contributed by atoms with van der Waals surface area (Å²) in [7, 11) is -3.70. The first-order chi connectivity index (χ1) is 17.3. The summed E-state index contributed by atoms with van der Waals surface area (Å²) >= 11 is 0. The van der Waals surface area contributed by atoms with Gasteiger partial charge in [0.1, 0.15) is 5.82 Å². The van der Waals surface area contributed by atoms with E-state index in [0.29, 0.717) is 17.7 Å². The number of amides is 1. The van der Waals surface area contributed by atoms with Crippen LogP contribution in [0.3, 0.4) is 0 Å². The number of piperidine rings is 1. The molecule has 1 amide bonds. The van der Waals surface area contributed by atoms with Gasteiger partial charge in [0.2, 0.25) is 10.0 Å². The van der Waals surface area contributed by atoms with Gasteiger partial charge in [0.15, 0.2) is 0 Å². The van der Waals surface area contributed by atoms with Gasteiger partial charge in [0.25, 0.3) is 5.91 Å².